The van der Waals surface area contributed by atoms with E-state index in [1.807, 2.05) is 0 Å². The molecule has 0 aliphatic carbocycles. The van der Waals surface area contributed by atoms with E-state index in [-0.39, 0.29) is 11.7 Å². The maximum absolute atomic E-state index is 11.8. The fraction of sp³-hybridized carbons (Fsp3) is 0.0769. The van der Waals surface area contributed by atoms with Crippen molar-refractivity contribution in [2.24, 2.45) is 0 Å². The van der Waals surface area contributed by atoms with Crippen molar-refractivity contribution in [2.45, 2.75) is 5.16 Å². The number of nitrogens with one attached hydrogen (secondary N) is 1. The van der Waals surface area contributed by atoms with Gasteiger partial charge in [-0.2, -0.15) is 0 Å². The summed E-state index contributed by atoms with van der Waals surface area (Å²) in [6.07, 6.45) is 1.63. The number of benzene rings is 1. The number of thioether (sulfide) groups is 1. The fourth-order valence-electron chi connectivity index (χ4n) is 1.74. The Labute approximate surface area is 144 Å². The molecule has 0 saturated carbocycles. The highest BCUT2D eigenvalue weighted by Crippen LogP contribution is 2.23. The summed E-state index contributed by atoms with van der Waals surface area (Å²) in [7, 11) is 0. The molecule has 0 spiro atoms. The Morgan fingerprint density at radius 3 is 2.83 bits per heavy atom. The molecule has 0 saturated heterocycles. The van der Waals surface area contributed by atoms with Crippen molar-refractivity contribution in [1.82, 2.24) is 19.9 Å². The number of carbonyl (C=O) groups excluding carboxylic acids is 1. The lowest BCUT2D eigenvalue weighted by molar-refractivity contribution is -0.113. The van der Waals surface area contributed by atoms with Crippen LogP contribution in [0.1, 0.15) is 0 Å². The molecule has 1 aromatic carbocycles. The number of aromatic nitrogens is 4. The SMILES string of the molecule is Nn1c(SCC(=O)Nc2nccs2)nnc1-c1ccc(Cl)cc1. The second-order valence-corrected chi connectivity index (χ2v) is 6.63. The first-order valence-electron chi connectivity index (χ1n) is 6.42. The molecule has 2 heterocycles. The van der Waals surface area contributed by atoms with Crippen LogP contribution in [0.5, 0.6) is 0 Å². The summed E-state index contributed by atoms with van der Waals surface area (Å²) in [6, 6.07) is 7.11. The van der Waals surface area contributed by atoms with E-state index >= 15 is 0 Å². The number of halogens is 1. The average molecular weight is 367 g/mol. The van der Waals surface area contributed by atoms with Crippen molar-refractivity contribution in [3.8, 4) is 11.4 Å². The van der Waals surface area contributed by atoms with E-state index in [0.717, 1.165) is 5.56 Å². The molecule has 3 rings (SSSR count). The summed E-state index contributed by atoms with van der Waals surface area (Å²) in [5.41, 5.74) is 0.795. The molecule has 23 heavy (non-hydrogen) atoms. The first kappa shape index (κ1) is 15.8. The highest BCUT2D eigenvalue weighted by Gasteiger charge is 2.14. The number of amides is 1. The van der Waals surface area contributed by atoms with Crippen LogP contribution in [0.3, 0.4) is 0 Å². The van der Waals surface area contributed by atoms with Crippen LogP contribution in [-0.2, 0) is 4.79 Å². The predicted octanol–water partition coefficient (Wildman–Crippen LogP) is 2.50. The highest BCUT2D eigenvalue weighted by atomic mass is 35.5. The predicted molar refractivity (Wildman–Crippen MR) is 92.1 cm³/mol. The first-order chi connectivity index (χ1) is 11.1. The third-order valence-electron chi connectivity index (χ3n) is 2.78. The van der Waals surface area contributed by atoms with E-state index in [9.17, 15) is 4.79 Å². The van der Waals surface area contributed by atoms with Gasteiger partial charge in [-0.1, -0.05) is 23.4 Å². The Balaban J connectivity index is 1.65. The van der Waals surface area contributed by atoms with Gasteiger partial charge in [-0.15, -0.1) is 21.5 Å². The number of thiazole rings is 1. The fourth-order valence-corrected chi connectivity index (χ4v) is 3.07. The normalized spacial score (nSPS) is 10.7. The molecule has 7 nitrogen and oxygen atoms in total. The van der Waals surface area contributed by atoms with Gasteiger partial charge < -0.3 is 11.2 Å². The molecule has 0 aliphatic heterocycles. The van der Waals surface area contributed by atoms with Gasteiger partial charge in [0.05, 0.1) is 5.75 Å². The molecule has 0 fully saturated rings. The largest absolute Gasteiger partial charge is 0.335 e. The number of carbonyl (C=O) groups is 1. The van der Waals surface area contributed by atoms with Gasteiger partial charge in [0.2, 0.25) is 11.1 Å². The third kappa shape index (κ3) is 3.81. The van der Waals surface area contributed by atoms with E-state index < -0.39 is 0 Å². The van der Waals surface area contributed by atoms with E-state index in [1.165, 1.54) is 27.8 Å². The zero-order valence-corrected chi connectivity index (χ0v) is 14.0. The summed E-state index contributed by atoms with van der Waals surface area (Å²) in [5.74, 6) is 6.48. The van der Waals surface area contributed by atoms with Crippen LogP contribution in [0.15, 0.2) is 41.0 Å². The lowest BCUT2D eigenvalue weighted by Crippen LogP contribution is -2.16. The topological polar surface area (TPSA) is 98.7 Å². The van der Waals surface area contributed by atoms with Crippen LogP contribution >= 0.6 is 34.7 Å². The van der Waals surface area contributed by atoms with Crippen molar-refractivity contribution in [1.29, 1.82) is 0 Å². The molecular weight excluding hydrogens is 356 g/mol. The molecule has 118 valence electrons. The van der Waals surface area contributed by atoms with Gasteiger partial charge in [0.15, 0.2) is 11.0 Å². The van der Waals surface area contributed by atoms with Crippen LogP contribution in [0.4, 0.5) is 5.13 Å². The number of nitrogens with zero attached hydrogens (tertiary/aromatic N) is 4. The summed E-state index contributed by atoms with van der Waals surface area (Å²) < 4.78 is 1.35. The first-order valence-corrected chi connectivity index (χ1v) is 8.66. The van der Waals surface area contributed by atoms with E-state index in [2.05, 4.69) is 20.5 Å². The minimum atomic E-state index is -0.180. The third-order valence-corrected chi connectivity index (χ3v) is 4.66. The van der Waals surface area contributed by atoms with Crippen molar-refractivity contribution in [3.05, 3.63) is 40.9 Å². The summed E-state index contributed by atoms with van der Waals surface area (Å²) in [6.45, 7) is 0. The molecular formula is C13H11ClN6OS2. The monoisotopic (exact) mass is 366 g/mol. The zero-order valence-electron chi connectivity index (χ0n) is 11.6. The van der Waals surface area contributed by atoms with Gasteiger partial charge in [0.1, 0.15) is 0 Å². The molecule has 3 N–H and O–H groups in total. The Bertz CT molecular complexity index is 802. The maximum atomic E-state index is 11.8. The number of nitrogens with two attached hydrogens (primary N) is 1. The number of anilines is 1. The highest BCUT2D eigenvalue weighted by molar-refractivity contribution is 7.99. The van der Waals surface area contributed by atoms with Crippen molar-refractivity contribution < 1.29 is 4.79 Å². The minimum absolute atomic E-state index is 0.162. The van der Waals surface area contributed by atoms with Gasteiger partial charge in [-0.3, -0.25) is 4.79 Å². The molecule has 2 aromatic heterocycles. The van der Waals surface area contributed by atoms with Crippen molar-refractivity contribution >= 4 is 45.7 Å². The molecule has 1 amide bonds. The van der Waals surface area contributed by atoms with E-state index in [4.69, 9.17) is 17.4 Å². The summed E-state index contributed by atoms with van der Waals surface area (Å²) in [5, 5.41) is 14.2. The van der Waals surface area contributed by atoms with Crippen LogP contribution < -0.4 is 11.2 Å². The molecule has 0 radical (unpaired) electrons. The molecule has 0 bridgehead atoms. The van der Waals surface area contributed by atoms with Gasteiger partial charge in [0, 0.05) is 22.2 Å². The van der Waals surface area contributed by atoms with Crippen molar-refractivity contribution in [3.63, 3.8) is 0 Å². The van der Waals surface area contributed by atoms with Crippen LogP contribution in [0.25, 0.3) is 11.4 Å². The summed E-state index contributed by atoms with van der Waals surface area (Å²) >= 11 is 8.42. The van der Waals surface area contributed by atoms with E-state index in [1.54, 1.807) is 35.8 Å². The second kappa shape index (κ2) is 6.99. The molecule has 10 heteroatoms. The molecule has 3 aromatic rings. The maximum Gasteiger partial charge on any atom is 0.236 e. The van der Waals surface area contributed by atoms with Gasteiger partial charge in [0.25, 0.3) is 0 Å². The molecule has 0 aliphatic rings. The Morgan fingerprint density at radius 1 is 1.35 bits per heavy atom. The number of rotatable bonds is 5. The zero-order chi connectivity index (χ0) is 16.2. The molecule has 0 atom stereocenters. The standard InChI is InChI=1S/C13H11ClN6OS2/c14-9-3-1-8(2-4-9)11-18-19-13(20(11)15)23-7-10(21)17-12-16-5-6-22-12/h1-6H,7,15H2,(H,16,17,21). The lowest BCUT2D eigenvalue weighted by Gasteiger charge is -2.04. The van der Waals surface area contributed by atoms with Gasteiger partial charge in [-0.25, -0.2) is 9.66 Å². The number of hydrogen-bond acceptors (Lipinski definition) is 7. The smallest absolute Gasteiger partial charge is 0.236 e. The Morgan fingerprint density at radius 2 is 2.13 bits per heavy atom. The van der Waals surface area contributed by atoms with Gasteiger partial charge in [-0.05, 0) is 24.3 Å². The minimum Gasteiger partial charge on any atom is -0.335 e. The van der Waals surface area contributed by atoms with Crippen molar-refractivity contribution in [2.75, 3.05) is 16.9 Å². The Hall–Kier alpha value is -2.10. The van der Waals surface area contributed by atoms with Crippen LogP contribution in [0, 0.1) is 0 Å². The van der Waals surface area contributed by atoms with Crippen LogP contribution in [-0.4, -0.2) is 31.5 Å². The number of nitrogen functional groups attached to an aromatic ring is 1. The van der Waals surface area contributed by atoms with Crippen LogP contribution in [0.2, 0.25) is 5.02 Å². The van der Waals surface area contributed by atoms with E-state index in [0.29, 0.717) is 21.1 Å². The Kier molecular flexibility index (Phi) is 4.79. The quantitative estimate of drug-likeness (QED) is 0.531. The molecule has 0 unspecified atom stereocenters. The average Bonchev–Trinajstić information content (AvgIpc) is 3.16. The lowest BCUT2D eigenvalue weighted by atomic mass is 10.2. The summed E-state index contributed by atoms with van der Waals surface area (Å²) in [4.78, 5) is 15.8. The van der Waals surface area contributed by atoms with Gasteiger partial charge >= 0.3 is 0 Å². The number of hydrogen-bond donors (Lipinski definition) is 2. The second-order valence-electron chi connectivity index (χ2n) is 4.36.